The molecule has 146 valence electrons. The van der Waals surface area contributed by atoms with Crippen molar-refractivity contribution in [1.82, 2.24) is 14.8 Å². The van der Waals surface area contributed by atoms with Crippen LogP contribution < -0.4 is 5.32 Å². The number of nitrogens with one attached hydrogen (secondary N) is 1. The van der Waals surface area contributed by atoms with Gasteiger partial charge in [0.25, 0.3) is 0 Å². The van der Waals surface area contributed by atoms with Gasteiger partial charge < -0.3 is 9.88 Å². The predicted octanol–water partition coefficient (Wildman–Crippen LogP) is 5.21. The number of para-hydroxylation sites is 1. The maximum absolute atomic E-state index is 12.8. The second kappa shape index (κ2) is 9.06. The molecule has 3 rings (SSSR count). The number of aromatic nitrogens is 3. The molecule has 0 unspecified atom stereocenters. The van der Waals surface area contributed by atoms with Crippen molar-refractivity contribution in [2.75, 3.05) is 5.32 Å². The van der Waals surface area contributed by atoms with E-state index >= 15 is 0 Å². The number of benzene rings is 2. The highest BCUT2D eigenvalue weighted by Gasteiger charge is 2.21. The number of hydrogen-bond donors (Lipinski definition) is 1. The van der Waals surface area contributed by atoms with E-state index in [1.807, 2.05) is 60.0 Å². The van der Waals surface area contributed by atoms with Crippen LogP contribution in [0.15, 0.2) is 59.8 Å². The lowest BCUT2D eigenvalue weighted by molar-refractivity contribution is -0.115. The first-order valence-corrected chi connectivity index (χ1v) is 10.4. The van der Waals surface area contributed by atoms with E-state index in [0.717, 1.165) is 34.3 Å². The van der Waals surface area contributed by atoms with Crippen molar-refractivity contribution >= 4 is 23.4 Å². The van der Waals surface area contributed by atoms with Gasteiger partial charge in [-0.05, 0) is 31.4 Å². The van der Waals surface area contributed by atoms with Crippen molar-refractivity contribution in [3.8, 4) is 11.4 Å². The van der Waals surface area contributed by atoms with Crippen LogP contribution >= 0.6 is 11.8 Å². The third-order valence-electron chi connectivity index (χ3n) is 4.56. The highest BCUT2D eigenvalue weighted by atomic mass is 32.2. The Hall–Kier alpha value is -2.60. The van der Waals surface area contributed by atoms with E-state index < -0.39 is 0 Å². The van der Waals surface area contributed by atoms with Crippen molar-refractivity contribution in [3.05, 3.63) is 60.2 Å². The van der Waals surface area contributed by atoms with Gasteiger partial charge in [-0.3, -0.25) is 4.79 Å². The van der Waals surface area contributed by atoms with Crippen LogP contribution in [0.2, 0.25) is 0 Å². The van der Waals surface area contributed by atoms with Crippen molar-refractivity contribution in [2.24, 2.45) is 0 Å². The van der Waals surface area contributed by atoms with Crippen molar-refractivity contribution in [1.29, 1.82) is 0 Å². The summed E-state index contributed by atoms with van der Waals surface area (Å²) in [4.78, 5) is 12.8. The van der Waals surface area contributed by atoms with Crippen LogP contribution in [0.3, 0.4) is 0 Å². The molecule has 5 nitrogen and oxygen atoms in total. The number of anilines is 1. The molecule has 6 heteroatoms. The zero-order chi connectivity index (χ0) is 20.1. The van der Waals surface area contributed by atoms with Gasteiger partial charge >= 0.3 is 0 Å². The van der Waals surface area contributed by atoms with E-state index in [1.54, 1.807) is 0 Å². The first kappa shape index (κ1) is 20.1. The molecule has 0 spiro atoms. The summed E-state index contributed by atoms with van der Waals surface area (Å²) in [6.07, 6.45) is 0. The van der Waals surface area contributed by atoms with Crippen LogP contribution in [0.5, 0.6) is 0 Å². The molecule has 1 atom stereocenters. The molecular formula is C22H26N4OS. The Kier molecular flexibility index (Phi) is 6.52. The Morgan fingerprint density at radius 1 is 1.04 bits per heavy atom. The fourth-order valence-corrected chi connectivity index (χ4v) is 3.93. The van der Waals surface area contributed by atoms with Crippen molar-refractivity contribution in [2.45, 2.75) is 50.6 Å². The van der Waals surface area contributed by atoms with Crippen LogP contribution in [-0.2, 0) is 11.3 Å². The molecule has 1 aromatic heterocycles. The molecule has 1 amide bonds. The summed E-state index contributed by atoms with van der Waals surface area (Å²) >= 11 is 1.43. The minimum absolute atomic E-state index is 0.0370. The molecule has 0 aliphatic carbocycles. The first-order valence-electron chi connectivity index (χ1n) is 9.56. The Balaban J connectivity index is 1.76. The molecular weight excluding hydrogens is 368 g/mol. The molecule has 0 saturated heterocycles. The first-order chi connectivity index (χ1) is 13.5. The van der Waals surface area contributed by atoms with E-state index in [-0.39, 0.29) is 11.2 Å². The number of carbonyl (C=O) groups is 1. The molecule has 28 heavy (non-hydrogen) atoms. The van der Waals surface area contributed by atoms with Crippen molar-refractivity contribution in [3.63, 3.8) is 0 Å². The maximum Gasteiger partial charge on any atom is 0.237 e. The van der Waals surface area contributed by atoms with Gasteiger partial charge in [-0.2, -0.15) is 0 Å². The molecule has 3 aromatic rings. The number of amides is 1. The van der Waals surface area contributed by atoms with Crippen LogP contribution in [0.1, 0.15) is 39.2 Å². The minimum Gasteiger partial charge on any atom is -0.325 e. The van der Waals surface area contributed by atoms with Gasteiger partial charge in [0.2, 0.25) is 5.91 Å². The zero-order valence-corrected chi connectivity index (χ0v) is 17.5. The summed E-state index contributed by atoms with van der Waals surface area (Å²) in [5.41, 5.74) is 3.03. The van der Waals surface area contributed by atoms with Gasteiger partial charge in [0.15, 0.2) is 11.0 Å². The predicted molar refractivity (Wildman–Crippen MR) is 116 cm³/mol. The van der Waals surface area contributed by atoms with Gasteiger partial charge in [0.05, 0.1) is 5.25 Å². The third-order valence-corrected chi connectivity index (χ3v) is 5.64. The van der Waals surface area contributed by atoms with E-state index in [4.69, 9.17) is 0 Å². The molecule has 0 radical (unpaired) electrons. The van der Waals surface area contributed by atoms with Crippen LogP contribution in [0.4, 0.5) is 5.69 Å². The van der Waals surface area contributed by atoms with Crippen molar-refractivity contribution < 1.29 is 4.79 Å². The molecule has 0 aliphatic rings. The van der Waals surface area contributed by atoms with Crippen LogP contribution in [0, 0.1) is 0 Å². The van der Waals surface area contributed by atoms with E-state index in [9.17, 15) is 4.79 Å². The fourth-order valence-electron chi connectivity index (χ4n) is 3.02. The van der Waals surface area contributed by atoms with Gasteiger partial charge in [0, 0.05) is 17.8 Å². The third kappa shape index (κ3) is 4.44. The van der Waals surface area contributed by atoms with Gasteiger partial charge in [-0.25, -0.2) is 0 Å². The average molecular weight is 395 g/mol. The maximum atomic E-state index is 12.8. The Morgan fingerprint density at radius 2 is 1.71 bits per heavy atom. The summed E-state index contributed by atoms with van der Waals surface area (Å²) in [6.45, 7) is 8.94. The Bertz CT molecular complexity index is 937. The SMILES string of the molecule is CCn1c(S[C@H](C)C(=O)Nc2ccccc2C(C)C)nnc1-c1ccccc1. The van der Waals surface area contributed by atoms with Gasteiger partial charge in [-0.15, -0.1) is 10.2 Å². The highest BCUT2D eigenvalue weighted by molar-refractivity contribution is 8.00. The fraction of sp³-hybridized carbons (Fsp3) is 0.318. The topological polar surface area (TPSA) is 59.8 Å². The number of nitrogens with zero attached hydrogens (tertiary/aromatic N) is 3. The van der Waals surface area contributed by atoms with Crippen LogP contribution in [0.25, 0.3) is 11.4 Å². The smallest absolute Gasteiger partial charge is 0.237 e. The lowest BCUT2D eigenvalue weighted by Gasteiger charge is -2.16. The quantitative estimate of drug-likeness (QED) is 0.559. The Morgan fingerprint density at radius 3 is 2.39 bits per heavy atom. The number of rotatable bonds is 7. The average Bonchev–Trinajstić information content (AvgIpc) is 3.11. The molecule has 0 fully saturated rings. The second-order valence-corrected chi connectivity index (χ2v) is 8.22. The number of hydrogen-bond acceptors (Lipinski definition) is 4. The molecule has 0 aliphatic heterocycles. The monoisotopic (exact) mass is 394 g/mol. The standard InChI is InChI=1S/C22H26N4OS/c1-5-26-20(17-11-7-6-8-12-17)24-25-22(26)28-16(4)21(27)23-19-14-10-9-13-18(19)15(2)3/h6-16H,5H2,1-4H3,(H,23,27)/t16-/m1/s1. The zero-order valence-electron chi connectivity index (χ0n) is 16.7. The largest absolute Gasteiger partial charge is 0.325 e. The van der Waals surface area contributed by atoms with Gasteiger partial charge in [-0.1, -0.05) is 74.1 Å². The molecule has 0 bridgehead atoms. The van der Waals surface area contributed by atoms with E-state index in [2.05, 4.69) is 42.4 Å². The normalized spacial score (nSPS) is 12.2. The van der Waals surface area contributed by atoms with Crippen LogP contribution in [-0.4, -0.2) is 25.9 Å². The Labute approximate surface area is 170 Å². The lowest BCUT2D eigenvalue weighted by atomic mass is 10.0. The summed E-state index contributed by atoms with van der Waals surface area (Å²) in [5.74, 6) is 1.13. The minimum atomic E-state index is -0.293. The lowest BCUT2D eigenvalue weighted by Crippen LogP contribution is -2.23. The summed E-state index contributed by atoms with van der Waals surface area (Å²) in [5, 5.41) is 12.2. The molecule has 2 aromatic carbocycles. The summed E-state index contributed by atoms with van der Waals surface area (Å²) < 4.78 is 2.05. The molecule has 1 N–H and O–H groups in total. The highest BCUT2D eigenvalue weighted by Crippen LogP contribution is 2.28. The summed E-state index contributed by atoms with van der Waals surface area (Å²) in [6, 6.07) is 17.9. The molecule has 1 heterocycles. The number of carbonyl (C=O) groups excluding carboxylic acids is 1. The van der Waals surface area contributed by atoms with Gasteiger partial charge in [0.1, 0.15) is 0 Å². The molecule has 0 saturated carbocycles. The number of thioether (sulfide) groups is 1. The summed E-state index contributed by atoms with van der Waals surface area (Å²) in [7, 11) is 0. The van der Waals surface area contributed by atoms with E-state index in [0.29, 0.717) is 5.92 Å². The van der Waals surface area contributed by atoms with E-state index in [1.165, 1.54) is 11.8 Å². The second-order valence-electron chi connectivity index (χ2n) is 6.91.